The van der Waals surface area contributed by atoms with E-state index < -0.39 is 0 Å². The highest BCUT2D eigenvalue weighted by Gasteiger charge is 2.16. The fourth-order valence-corrected chi connectivity index (χ4v) is 3.80. The van der Waals surface area contributed by atoms with E-state index in [2.05, 4.69) is 19.9 Å². The SMILES string of the molecule is CN(C)CCOc1ccc(-c2nc(-c3ccc4[nH]c(=O)ccc4c3)c(-c3ccncc3)[nH]2)cc1.Cl. The molecule has 0 atom stereocenters. The quantitative estimate of drug-likeness (QED) is 0.337. The highest BCUT2D eigenvalue weighted by atomic mass is 35.5. The second-order valence-electron chi connectivity index (χ2n) is 8.35. The van der Waals surface area contributed by atoms with E-state index in [1.165, 1.54) is 6.07 Å². The molecule has 5 rings (SSSR count). The Bertz CT molecular complexity index is 1480. The van der Waals surface area contributed by atoms with Crippen molar-refractivity contribution >= 4 is 23.3 Å². The van der Waals surface area contributed by atoms with Gasteiger partial charge in [0, 0.05) is 47.2 Å². The molecule has 3 heterocycles. The standard InChI is InChI=1S/C27H25N5O2.ClH/c1-32(2)15-16-34-22-7-3-19(4-8-22)27-30-25(18-11-13-28-14-12-18)26(31-27)21-5-9-23-20(17-21)6-10-24(33)29-23;/h3-14,17H,15-16H2,1-2H3,(H,29,33)(H,30,31);1H. The van der Waals surface area contributed by atoms with E-state index in [1.54, 1.807) is 12.4 Å². The van der Waals surface area contributed by atoms with Gasteiger partial charge >= 0.3 is 0 Å². The zero-order valence-electron chi connectivity index (χ0n) is 19.5. The number of benzene rings is 2. The molecule has 0 saturated carbocycles. The first-order valence-corrected chi connectivity index (χ1v) is 11.1. The van der Waals surface area contributed by atoms with Crippen molar-refractivity contribution in [3.63, 3.8) is 0 Å². The molecule has 0 aliphatic carbocycles. The van der Waals surface area contributed by atoms with Crippen LogP contribution in [-0.4, -0.2) is 52.1 Å². The number of pyridine rings is 2. The molecule has 2 N–H and O–H groups in total. The van der Waals surface area contributed by atoms with Crippen LogP contribution in [0.1, 0.15) is 0 Å². The Balaban J connectivity index is 0.00000289. The third-order valence-corrected chi connectivity index (χ3v) is 5.60. The van der Waals surface area contributed by atoms with Crippen molar-refractivity contribution in [2.45, 2.75) is 0 Å². The Labute approximate surface area is 209 Å². The molecule has 0 aliphatic heterocycles. The lowest BCUT2D eigenvalue weighted by Gasteiger charge is -2.11. The molecule has 178 valence electrons. The number of hydrogen-bond acceptors (Lipinski definition) is 5. The molecule has 0 unspecified atom stereocenters. The lowest BCUT2D eigenvalue weighted by molar-refractivity contribution is 0.261. The van der Waals surface area contributed by atoms with Crippen molar-refractivity contribution < 1.29 is 4.74 Å². The van der Waals surface area contributed by atoms with Crippen molar-refractivity contribution in [1.82, 2.24) is 24.8 Å². The van der Waals surface area contributed by atoms with Gasteiger partial charge in [-0.15, -0.1) is 12.4 Å². The first kappa shape index (κ1) is 24.2. The predicted octanol–water partition coefficient (Wildman–Crippen LogP) is 5.01. The minimum atomic E-state index is -0.117. The first-order valence-electron chi connectivity index (χ1n) is 11.1. The largest absolute Gasteiger partial charge is 0.492 e. The molecule has 2 aromatic carbocycles. The highest BCUT2D eigenvalue weighted by Crippen LogP contribution is 2.34. The van der Waals surface area contributed by atoms with E-state index in [1.807, 2.05) is 74.8 Å². The van der Waals surface area contributed by atoms with Crippen LogP contribution in [0.2, 0.25) is 0 Å². The molecule has 0 spiro atoms. The summed E-state index contributed by atoms with van der Waals surface area (Å²) in [5, 5.41) is 0.946. The molecule has 0 bridgehead atoms. The number of hydrogen-bond donors (Lipinski definition) is 2. The molecule has 7 nitrogen and oxygen atoms in total. The number of fused-ring (bicyclic) bond motifs is 1. The van der Waals surface area contributed by atoms with Crippen LogP contribution in [0.15, 0.2) is 83.9 Å². The monoisotopic (exact) mass is 487 g/mol. The smallest absolute Gasteiger partial charge is 0.248 e. The lowest BCUT2D eigenvalue weighted by atomic mass is 10.0. The summed E-state index contributed by atoms with van der Waals surface area (Å²) in [4.78, 5) is 29.2. The number of ether oxygens (including phenoxy) is 1. The molecule has 0 saturated heterocycles. The zero-order chi connectivity index (χ0) is 23.5. The van der Waals surface area contributed by atoms with Gasteiger partial charge in [-0.1, -0.05) is 6.07 Å². The molecule has 0 fully saturated rings. The van der Waals surface area contributed by atoms with E-state index in [0.717, 1.165) is 57.1 Å². The number of aromatic amines is 2. The van der Waals surface area contributed by atoms with Gasteiger partial charge in [-0.3, -0.25) is 9.78 Å². The number of H-pyrrole nitrogens is 2. The molecule has 35 heavy (non-hydrogen) atoms. The molecule has 3 aromatic heterocycles. The molecule has 5 aromatic rings. The number of halogens is 1. The van der Waals surface area contributed by atoms with Crippen molar-refractivity contribution in [3.05, 3.63) is 89.5 Å². The maximum atomic E-state index is 11.7. The van der Waals surface area contributed by atoms with Gasteiger partial charge in [0.1, 0.15) is 18.2 Å². The summed E-state index contributed by atoms with van der Waals surface area (Å²) < 4.78 is 5.82. The van der Waals surface area contributed by atoms with Crippen LogP contribution < -0.4 is 10.3 Å². The van der Waals surface area contributed by atoms with Crippen LogP contribution in [0.5, 0.6) is 5.75 Å². The summed E-state index contributed by atoms with van der Waals surface area (Å²) in [6.45, 7) is 1.49. The fraction of sp³-hybridized carbons (Fsp3) is 0.148. The summed E-state index contributed by atoms with van der Waals surface area (Å²) >= 11 is 0. The fourth-order valence-electron chi connectivity index (χ4n) is 3.80. The number of nitrogens with zero attached hydrogens (tertiary/aromatic N) is 3. The van der Waals surface area contributed by atoms with Gasteiger partial charge in [0.15, 0.2) is 0 Å². The van der Waals surface area contributed by atoms with E-state index >= 15 is 0 Å². The van der Waals surface area contributed by atoms with Crippen LogP contribution in [0.25, 0.3) is 44.8 Å². The average molecular weight is 488 g/mol. The number of nitrogens with one attached hydrogen (secondary N) is 2. The second-order valence-corrected chi connectivity index (χ2v) is 8.35. The Hall–Kier alpha value is -3.94. The zero-order valence-corrected chi connectivity index (χ0v) is 20.3. The predicted molar refractivity (Wildman–Crippen MR) is 142 cm³/mol. The Morgan fingerprint density at radius 3 is 2.34 bits per heavy atom. The molecule has 0 radical (unpaired) electrons. The number of aromatic nitrogens is 4. The van der Waals surface area contributed by atoms with Crippen molar-refractivity contribution in [2.24, 2.45) is 0 Å². The first-order chi connectivity index (χ1) is 16.6. The highest BCUT2D eigenvalue weighted by molar-refractivity contribution is 5.88. The van der Waals surface area contributed by atoms with Gasteiger partial charge in [-0.25, -0.2) is 4.98 Å². The summed E-state index contributed by atoms with van der Waals surface area (Å²) in [6, 6.07) is 21.2. The van der Waals surface area contributed by atoms with Crippen LogP contribution in [0.4, 0.5) is 0 Å². The summed E-state index contributed by atoms with van der Waals surface area (Å²) in [5.41, 5.74) is 5.34. The van der Waals surface area contributed by atoms with Crippen molar-refractivity contribution in [3.8, 4) is 39.7 Å². The van der Waals surface area contributed by atoms with Gasteiger partial charge in [0.05, 0.1) is 11.4 Å². The molecular weight excluding hydrogens is 462 g/mol. The minimum Gasteiger partial charge on any atom is -0.492 e. The van der Waals surface area contributed by atoms with Gasteiger partial charge in [-0.2, -0.15) is 0 Å². The third kappa shape index (κ3) is 5.42. The number of imidazole rings is 1. The van der Waals surface area contributed by atoms with Crippen LogP contribution in [0, 0.1) is 0 Å². The molecule has 8 heteroatoms. The third-order valence-electron chi connectivity index (χ3n) is 5.60. The van der Waals surface area contributed by atoms with Crippen molar-refractivity contribution in [2.75, 3.05) is 27.2 Å². The van der Waals surface area contributed by atoms with Gasteiger partial charge in [-0.05, 0) is 74.1 Å². The van der Waals surface area contributed by atoms with Crippen LogP contribution >= 0.6 is 12.4 Å². The Kier molecular flexibility index (Phi) is 7.29. The molecule has 0 amide bonds. The van der Waals surface area contributed by atoms with E-state index in [9.17, 15) is 4.79 Å². The number of rotatable bonds is 7. The summed E-state index contributed by atoms with van der Waals surface area (Å²) in [5.74, 6) is 1.60. The normalized spacial score (nSPS) is 10.9. The molecule has 0 aliphatic rings. The van der Waals surface area contributed by atoms with E-state index in [0.29, 0.717) is 6.61 Å². The minimum absolute atomic E-state index is 0. The van der Waals surface area contributed by atoms with E-state index in [-0.39, 0.29) is 18.0 Å². The van der Waals surface area contributed by atoms with Gasteiger partial charge in [0.2, 0.25) is 5.56 Å². The summed E-state index contributed by atoms with van der Waals surface area (Å²) in [7, 11) is 4.05. The van der Waals surface area contributed by atoms with Crippen LogP contribution in [-0.2, 0) is 0 Å². The molecular formula is C27H26ClN5O2. The van der Waals surface area contributed by atoms with Gasteiger partial charge in [0.25, 0.3) is 0 Å². The number of likely N-dealkylation sites (N-methyl/N-ethyl adjacent to an activating group) is 1. The summed E-state index contributed by atoms with van der Waals surface area (Å²) in [6.07, 6.45) is 3.54. The second kappa shape index (κ2) is 10.5. The lowest BCUT2D eigenvalue weighted by Crippen LogP contribution is -2.19. The Morgan fingerprint density at radius 2 is 1.60 bits per heavy atom. The van der Waals surface area contributed by atoms with E-state index in [4.69, 9.17) is 9.72 Å². The van der Waals surface area contributed by atoms with Crippen LogP contribution in [0.3, 0.4) is 0 Å². The van der Waals surface area contributed by atoms with Crippen molar-refractivity contribution in [1.29, 1.82) is 0 Å². The maximum absolute atomic E-state index is 11.7. The Morgan fingerprint density at radius 1 is 0.857 bits per heavy atom. The topological polar surface area (TPSA) is 86.9 Å². The average Bonchev–Trinajstić information content (AvgIpc) is 3.30. The van der Waals surface area contributed by atoms with Gasteiger partial charge < -0.3 is 19.6 Å². The maximum Gasteiger partial charge on any atom is 0.248 e.